The van der Waals surface area contributed by atoms with Crippen LogP contribution in [0.1, 0.15) is 54.3 Å². The van der Waals surface area contributed by atoms with Gasteiger partial charge >= 0.3 is 0 Å². The molecule has 0 nitrogen and oxygen atoms in total. The van der Waals surface area contributed by atoms with Gasteiger partial charge in [0.15, 0.2) is 0 Å². The lowest BCUT2D eigenvalue weighted by atomic mass is 9.66. The van der Waals surface area contributed by atoms with Gasteiger partial charge in [-0.25, -0.2) is 0 Å². The van der Waals surface area contributed by atoms with E-state index in [1.165, 1.54) is 75.1 Å². The molecule has 0 saturated heterocycles. The molecule has 5 aromatic carbocycles. The summed E-state index contributed by atoms with van der Waals surface area (Å²) in [5.74, 6) is 0. The van der Waals surface area contributed by atoms with Gasteiger partial charge in [-0.1, -0.05) is 121 Å². The molecule has 9 rings (SSSR count). The second-order valence-electron chi connectivity index (χ2n) is 12.1. The van der Waals surface area contributed by atoms with E-state index in [0.29, 0.717) is 0 Å². The van der Waals surface area contributed by atoms with Crippen molar-refractivity contribution in [2.45, 2.75) is 24.7 Å². The predicted molar refractivity (Wildman–Crippen MR) is 186 cm³/mol. The Hall–Kier alpha value is -4.50. The van der Waals surface area contributed by atoms with Crippen LogP contribution in [0.3, 0.4) is 0 Å². The Kier molecular flexibility index (Phi) is 5.60. The Morgan fingerprint density at radius 2 is 0.659 bits per heavy atom. The highest BCUT2D eigenvalue weighted by atomic mass is 32.1. The van der Waals surface area contributed by atoms with Crippen LogP contribution in [0.15, 0.2) is 146 Å². The van der Waals surface area contributed by atoms with E-state index in [1.807, 2.05) is 22.7 Å². The van der Waals surface area contributed by atoms with Gasteiger partial charge in [-0.05, 0) is 93.7 Å². The van der Waals surface area contributed by atoms with Gasteiger partial charge in [0.25, 0.3) is 0 Å². The lowest BCUT2D eigenvalue weighted by Crippen LogP contribution is -2.29. The molecule has 0 unspecified atom stereocenters. The van der Waals surface area contributed by atoms with E-state index in [4.69, 9.17) is 0 Å². The normalized spacial score (nSPS) is 15.0. The number of aryl methyl sites for hydroxylation is 2. The van der Waals surface area contributed by atoms with E-state index in [2.05, 4.69) is 159 Å². The molecule has 0 saturated carbocycles. The van der Waals surface area contributed by atoms with E-state index in [0.717, 1.165) is 0 Å². The molecular formula is C42H30S2. The minimum Gasteiger partial charge on any atom is -0.140 e. The monoisotopic (exact) mass is 598 g/mol. The maximum Gasteiger partial charge on any atom is 0.0722 e. The van der Waals surface area contributed by atoms with Crippen molar-refractivity contribution in [3.05, 3.63) is 200 Å². The molecule has 210 valence electrons. The van der Waals surface area contributed by atoms with Crippen molar-refractivity contribution in [3.8, 4) is 20.9 Å². The summed E-state index contributed by atoms with van der Waals surface area (Å²) in [5, 5.41) is 0. The van der Waals surface area contributed by atoms with Crippen LogP contribution in [0, 0.1) is 13.8 Å². The number of thiophene rings is 2. The van der Waals surface area contributed by atoms with E-state index >= 15 is 0 Å². The lowest BCUT2D eigenvalue weighted by Gasteiger charge is -2.35. The first-order chi connectivity index (χ1) is 21.6. The summed E-state index contributed by atoms with van der Waals surface area (Å²) < 4.78 is 0. The second kappa shape index (κ2) is 9.50. The van der Waals surface area contributed by atoms with Crippen LogP contribution in [-0.4, -0.2) is 0 Å². The Morgan fingerprint density at radius 3 is 0.955 bits per heavy atom. The largest absolute Gasteiger partial charge is 0.140 e. The van der Waals surface area contributed by atoms with Crippen molar-refractivity contribution >= 4 is 22.7 Å². The van der Waals surface area contributed by atoms with Crippen molar-refractivity contribution < 1.29 is 0 Å². The summed E-state index contributed by atoms with van der Waals surface area (Å²) in [7, 11) is 0. The number of fused-ring (bicyclic) bond motifs is 6. The summed E-state index contributed by atoms with van der Waals surface area (Å²) >= 11 is 3.88. The van der Waals surface area contributed by atoms with Crippen LogP contribution in [0.2, 0.25) is 0 Å². The molecular weight excluding hydrogens is 569 g/mol. The molecule has 0 N–H and O–H groups in total. The van der Waals surface area contributed by atoms with Crippen LogP contribution in [0.5, 0.6) is 0 Å². The molecule has 2 aliphatic carbocycles. The van der Waals surface area contributed by atoms with Crippen molar-refractivity contribution in [1.29, 1.82) is 0 Å². The Bertz CT molecular complexity index is 1930. The lowest BCUT2D eigenvalue weighted by molar-refractivity contribution is 0.759. The quantitative estimate of drug-likeness (QED) is 0.189. The molecule has 0 fully saturated rings. The molecule has 0 bridgehead atoms. The third-order valence-electron chi connectivity index (χ3n) is 9.80. The van der Waals surface area contributed by atoms with Gasteiger partial charge in [0.2, 0.25) is 0 Å². The van der Waals surface area contributed by atoms with E-state index < -0.39 is 0 Å². The third-order valence-corrected chi connectivity index (χ3v) is 12.0. The molecule has 7 aromatic rings. The molecule has 0 amide bonds. The van der Waals surface area contributed by atoms with Gasteiger partial charge in [-0.3, -0.25) is 0 Å². The first-order valence-electron chi connectivity index (χ1n) is 15.3. The minimum atomic E-state index is -0.385. The molecule has 0 aliphatic heterocycles. The van der Waals surface area contributed by atoms with Crippen LogP contribution < -0.4 is 0 Å². The highest BCUT2D eigenvalue weighted by Crippen LogP contribution is 2.64. The minimum absolute atomic E-state index is 0.385. The zero-order valence-electron chi connectivity index (χ0n) is 24.7. The summed E-state index contributed by atoms with van der Waals surface area (Å²) in [6.07, 6.45) is 0. The van der Waals surface area contributed by atoms with Crippen LogP contribution in [0.25, 0.3) is 20.9 Å². The number of benzene rings is 5. The van der Waals surface area contributed by atoms with Crippen LogP contribution >= 0.6 is 22.7 Å². The van der Waals surface area contributed by atoms with Gasteiger partial charge < -0.3 is 0 Å². The Morgan fingerprint density at radius 1 is 0.364 bits per heavy atom. The standard InChI is InChI=1S/C42H30S2/c1-27-23-37-39(43-27)33-25-36-34(26-35(33)41(37,29-15-7-3-8-16-29)30-17-9-4-10-18-30)40-38(24-28(2)44-40)42(36,31-19-11-5-12-20-31)32-21-13-6-14-22-32/h3-26H,1-2H3. The van der Waals surface area contributed by atoms with Gasteiger partial charge in [-0.2, -0.15) is 0 Å². The molecule has 2 aromatic heterocycles. The summed E-state index contributed by atoms with van der Waals surface area (Å²) in [6, 6.07) is 54.8. The number of hydrogen-bond acceptors (Lipinski definition) is 2. The van der Waals surface area contributed by atoms with Crippen LogP contribution in [0.4, 0.5) is 0 Å². The van der Waals surface area contributed by atoms with Crippen molar-refractivity contribution in [1.82, 2.24) is 0 Å². The average Bonchev–Trinajstić information content (AvgIpc) is 3.78. The summed E-state index contributed by atoms with van der Waals surface area (Å²) in [4.78, 5) is 5.50. The van der Waals surface area contributed by atoms with E-state index in [-0.39, 0.29) is 10.8 Å². The number of hydrogen-bond donors (Lipinski definition) is 0. The predicted octanol–water partition coefficient (Wildman–Crippen LogP) is 11.2. The number of rotatable bonds is 4. The molecule has 0 atom stereocenters. The van der Waals surface area contributed by atoms with Gasteiger partial charge in [-0.15, -0.1) is 22.7 Å². The highest BCUT2D eigenvalue weighted by Gasteiger charge is 2.52. The topological polar surface area (TPSA) is 0 Å². The smallest absolute Gasteiger partial charge is 0.0722 e. The molecule has 2 heterocycles. The maximum atomic E-state index is 2.58. The van der Waals surface area contributed by atoms with Gasteiger partial charge in [0.05, 0.1) is 10.8 Å². The fraction of sp³-hybridized carbons (Fsp3) is 0.0952. The molecule has 44 heavy (non-hydrogen) atoms. The maximum absolute atomic E-state index is 2.58. The van der Waals surface area contributed by atoms with Crippen molar-refractivity contribution in [2.75, 3.05) is 0 Å². The fourth-order valence-corrected chi connectivity index (χ4v) is 10.4. The second-order valence-corrected chi connectivity index (χ2v) is 14.6. The zero-order valence-corrected chi connectivity index (χ0v) is 26.3. The van der Waals surface area contributed by atoms with Gasteiger partial charge in [0.1, 0.15) is 0 Å². The molecule has 2 aliphatic rings. The third kappa shape index (κ3) is 3.28. The van der Waals surface area contributed by atoms with E-state index in [1.54, 1.807) is 0 Å². The first kappa shape index (κ1) is 25.9. The Balaban J connectivity index is 1.46. The molecule has 2 heteroatoms. The molecule has 0 radical (unpaired) electrons. The summed E-state index contributed by atoms with van der Waals surface area (Å²) in [5.41, 5.74) is 12.8. The SMILES string of the molecule is Cc1cc2c(s1)-c1cc3c(cc1C2(c1ccccc1)c1ccccc1)-c1sc(C)cc1C3(c1ccccc1)c1ccccc1. The Labute approximate surface area is 267 Å². The fourth-order valence-electron chi connectivity index (χ4n) is 8.20. The highest BCUT2D eigenvalue weighted by molar-refractivity contribution is 7.16. The summed E-state index contributed by atoms with van der Waals surface area (Å²) in [6.45, 7) is 4.52. The van der Waals surface area contributed by atoms with Crippen LogP contribution in [-0.2, 0) is 10.8 Å². The van der Waals surface area contributed by atoms with Gasteiger partial charge in [0, 0.05) is 19.5 Å². The first-order valence-corrected chi connectivity index (χ1v) is 16.9. The average molecular weight is 599 g/mol. The van der Waals surface area contributed by atoms with E-state index in [9.17, 15) is 0 Å². The van der Waals surface area contributed by atoms with Crippen molar-refractivity contribution in [2.24, 2.45) is 0 Å². The zero-order chi connectivity index (χ0) is 29.5. The van der Waals surface area contributed by atoms with Crippen molar-refractivity contribution in [3.63, 3.8) is 0 Å². The molecule has 0 spiro atoms.